The summed E-state index contributed by atoms with van der Waals surface area (Å²) in [7, 11) is 1.49. The quantitative estimate of drug-likeness (QED) is 0.365. The van der Waals surface area contributed by atoms with Crippen molar-refractivity contribution in [3.63, 3.8) is 0 Å². The second-order valence-corrected chi connectivity index (χ2v) is 6.39. The largest absolute Gasteiger partial charge is 0.481 e. The molecule has 148 valence electrons. The van der Waals surface area contributed by atoms with Crippen LogP contribution in [0.4, 0.5) is 28.8 Å². The van der Waals surface area contributed by atoms with E-state index >= 15 is 0 Å². The van der Waals surface area contributed by atoms with Crippen molar-refractivity contribution in [1.82, 2.24) is 15.0 Å². The summed E-state index contributed by atoms with van der Waals surface area (Å²) in [6.07, 6.45) is 2.63. The van der Waals surface area contributed by atoms with E-state index in [1.165, 1.54) is 19.4 Å². The standard InChI is InChI=1S/C19H16Cl2N6O2/c1-3-16(28)24-13-6-4-5-7-14(13)25-18-12(20)10-22-19(27-18)23-11-8-15(21)26-17(9-11)29-2/h3-10H,1H2,2H3,(H,24,28)(H2,22,23,25,26,27). The number of nitrogens with one attached hydrogen (secondary N) is 3. The first-order valence-corrected chi connectivity index (χ1v) is 9.04. The number of amides is 1. The predicted octanol–water partition coefficient (Wildman–Crippen LogP) is 4.80. The van der Waals surface area contributed by atoms with Crippen LogP contribution in [0.2, 0.25) is 10.2 Å². The van der Waals surface area contributed by atoms with Crippen molar-refractivity contribution in [3.8, 4) is 5.88 Å². The van der Waals surface area contributed by atoms with Gasteiger partial charge in [-0.2, -0.15) is 4.98 Å². The maximum Gasteiger partial charge on any atom is 0.247 e. The fraction of sp³-hybridized carbons (Fsp3) is 0.0526. The molecule has 0 fully saturated rings. The van der Waals surface area contributed by atoms with E-state index in [1.807, 2.05) is 6.07 Å². The number of ether oxygens (including phenoxy) is 1. The number of nitrogens with zero attached hydrogens (tertiary/aromatic N) is 3. The number of para-hydroxylation sites is 2. The minimum absolute atomic E-state index is 0.256. The minimum Gasteiger partial charge on any atom is -0.481 e. The van der Waals surface area contributed by atoms with Crippen LogP contribution >= 0.6 is 23.2 Å². The van der Waals surface area contributed by atoms with Gasteiger partial charge in [-0.25, -0.2) is 9.97 Å². The highest BCUT2D eigenvalue weighted by atomic mass is 35.5. The Bertz CT molecular complexity index is 1060. The monoisotopic (exact) mass is 430 g/mol. The molecular weight excluding hydrogens is 415 g/mol. The molecule has 0 unspecified atom stereocenters. The first-order valence-electron chi connectivity index (χ1n) is 8.29. The van der Waals surface area contributed by atoms with Crippen molar-refractivity contribution in [2.45, 2.75) is 0 Å². The zero-order chi connectivity index (χ0) is 20.8. The lowest BCUT2D eigenvalue weighted by Gasteiger charge is -2.14. The van der Waals surface area contributed by atoms with Gasteiger partial charge in [0.15, 0.2) is 5.82 Å². The second kappa shape index (κ2) is 9.22. The molecule has 29 heavy (non-hydrogen) atoms. The molecule has 10 heteroatoms. The first-order chi connectivity index (χ1) is 14.0. The van der Waals surface area contributed by atoms with Crippen molar-refractivity contribution in [1.29, 1.82) is 0 Å². The number of hydrogen-bond donors (Lipinski definition) is 3. The van der Waals surface area contributed by atoms with Crippen LogP contribution in [-0.2, 0) is 4.79 Å². The topological polar surface area (TPSA) is 101 Å². The lowest BCUT2D eigenvalue weighted by atomic mass is 10.2. The van der Waals surface area contributed by atoms with E-state index in [-0.39, 0.29) is 17.0 Å². The molecule has 0 aliphatic rings. The number of rotatable bonds is 7. The van der Waals surface area contributed by atoms with Gasteiger partial charge >= 0.3 is 0 Å². The van der Waals surface area contributed by atoms with Gasteiger partial charge in [-0.05, 0) is 24.3 Å². The Morgan fingerprint density at radius 1 is 1.14 bits per heavy atom. The van der Waals surface area contributed by atoms with Gasteiger partial charge in [0.25, 0.3) is 0 Å². The van der Waals surface area contributed by atoms with Crippen LogP contribution in [0.1, 0.15) is 0 Å². The van der Waals surface area contributed by atoms with E-state index in [4.69, 9.17) is 27.9 Å². The van der Waals surface area contributed by atoms with Crippen molar-refractivity contribution < 1.29 is 9.53 Å². The number of pyridine rings is 1. The molecule has 1 aromatic carbocycles. The highest BCUT2D eigenvalue weighted by Gasteiger charge is 2.11. The minimum atomic E-state index is -0.334. The summed E-state index contributed by atoms with van der Waals surface area (Å²) in [5, 5.41) is 9.38. The summed E-state index contributed by atoms with van der Waals surface area (Å²) in [5.41, 5.74) is 1.74. The van der Waals surface area contributed by atoms with Crippen LogP contribution in [0.3, 0.4) is 0 Å². The third kappa shape index (κ3) is 5.34. The molecule has 2 heterocycles. The van der Waals surface area contributed by atoms with Crippen LogP contribution in [0.15, 0.2) is 55.3 Å². The Morgan fingerprint density at radius 2 is 1.90 bits per heavy atom. The summed E-state index contributed by atoms with van der Waals surface area (Å²) in [5.74, 6) is 0.628. The molecule has 8 nitrogen and oxygen atoms in total. The Hall–Kier alpha value is -3.36. The van der Waals surface area contributed by atoms with Gasteiger partial charge in [0.05, 0.1) is 24.7 Å². The molecule has 1 amide bonds. The predicted molar refractivity (Wildman–Crippen MR) is 115 cm³/mol. The van der Waals surface area contributed by atoms with E-state index < -0.39 is 0 Å². The number of anilines is 5. The third-order valence-electron chi connectivity index (χ3n) is 3.60. The Balaban J connectivity index is 1.86. The maximum atomic E-state index is 11.6. The van der Waals surface area contributed by atoms with Gasteiger partial charge in [0.1, 0.15) is 10.2 Å². The van der Waals surface area contributed by atoms with E-state index in [1.54, 1.807) is 30.3 Å². The van der Waals surface area contributed by atoms with E-state index in [9.17, 15) is 4.79 Å². The molecule has 0 saturated heterocycles. The molecule has 3 rings (SSSR count). The molecule has 0 aliphatic heterocycles. The number of aromatic nitrogens is 3. The average Bonchev–Trinajstić information content (AvgIpc) is 2.71. The van der Waals surface area contributed by atoms with Crippen LogP contribution in [0.5, 0.6) is 5.88 Å². The van der Waals surface area contributed by atoms with Crippen LogP contribution in [0.25, 0.3) is 0 Å². The zero-order valence-electron chi connectivity index (χ0n) is 15.2. The van der Waals surface area contributed by atoms with Crippen molar-refractivity contribution in [2.24, 2.45) is 0 Å². The Morgan fingerprint density at radius 3 is 2.62 bits per heavy atom. The third-order valence-corrected chi connectivity index (χ3v) is 4.07. The average molecular weight is 431 g/mol. The summed E-state index contributed by atoms with van der Waals surface area (Å²) >= 11 is 12.2. The fourth-order valence-corrected chi connectivity index (χ4v) is 2.65. The van der Waals surface area contributed by atoms with Crippen molar-refractivity contribution >= 4 is 57.9 Å². The number of methoxy groups -OCH3 is 1. The lowest BCUT2D eigenvalue weighted by molar-refractivity contribution is -0.111. The molecule has 3 N–H and O–H groups in total. The lowest BCUT2D eigenvalue weighted by Crippen LogP contribution is -2.09. The van der Waals surface area contributed by atoms with Crippen LogP contribution in [-0.4, -0.2) is 28.0 Å². The molecule has 0 atom stereocenters. The highest BCUT2D eigenvalue weighted by Crippen LogP contribution is 2.29. The summed E-state index contributed by atoms with van der Waals surface area (Å²) in [4.78, 5) is 24.2. The molecular formula is C19H16Cl2N6O2. The van der Waals surface area contributed by atoms with Gasteiger partial charge in [0.2, 0.25) is 17.7 Å². The Kier molecular flexibility index (Phi) is 6.48. The van der Waals surface area contributed by atoms with E-state index in [0.717, 1.165) is 0 Å². The first kappa shape index (κ1) is 20.4. The molecule has 0 radical (unpaired) electrons. The van der Waals surface area contributed by atoms with Crippen LogP contribution in [0, 0.1) is 0 Å². The number of carbonyl (C=O) groups excluding carboxylic acids is 1. The number of hydrogen-bond acceptors (Lipinski definition) is 7. The highest BCUT2D eigenvalue weighted by molar-refractivity contribution is 6.33. The maximum absolute atomic E-state index is 11.6. The molecule has 0 aliphatic carbocycles. The zero-order valence-corrected chi connectivity index (χ0v) is 16.8. The van der Waals surface area contributed by atoms with Crippen molar-refractivity contribution in [2.75, 3.05) is 23.1 Å². The summed E-state index contributed by atoms with van der Waals surface area (Å²) in [6.45, 7) is 3.45. The molecule has 2 aromatic heterocycles. The molecule has 0 saturated carbocycles. The van der Waals surface area contributed by atoms with Crippen LogP contribution < -0.4 is 20.7 Å². The van der Waals surface area contributed by atoms with E-state index in [0.29, 0.717) is 33.8 Å². The fourth-order valence-electron chi connectivity index (χ4n) is 2.31. The molecule has 3 aromatic rings. The number of halogens is 2. The van der Waals surface area contributed by atoms with Gasteiger partial charge in [-0.3, -0.25) is 4.79 Å². The normalized spacial score (nSPS) is 10.2. The van der Waals surface area contributed by atoms with Gasteiger partial charge in [-0.1, -0.05) is 41.9 Å². The SMILES string of the molecule is C=CC(=O)Nc1ccccc1Nc1nc(Nc2cc(Cl)nc(OC)c2)ncc1Cl. The van der Waals surface area contributed by atoms with Gasteiger partial charge in [-0.15, -0.1) is 0 Å². The Labute approximate surface area is 177 Å². The van der Waals surface area contributed by atoms with Gasteiger partial charge < -0.3 is 20.7 Å². The van der Waals surface area contributed by atoms with Crippen molar-refractivity contribution in [3.05, 3.63) is 65.4 Å². The smallest absolute Gasteiger partial charge is 0.247 e. The van der Waals surface area contributed by atoms with Gasteiger partial charge in [0, 0.05) is 11.8 Å². The number of benzene rings is 1. The summed E-state index contributed by atoms with van der Waals surface area (Å²) in [6, 6.07) is 10.4. The second-order valence-electron chi connectivity index (χ2n) is 5.60. The van der Waals surface area contributed by atoms with E-state index in [2.05, 4.69) is 37.5 Å². The molecule has 0 spiro atoms. The number of carbonyl (C=O) groups is 1. The summed E-state index contributed by atoms with van der Waals surface area (Å²) < 4.78 is 5.10. The molecule has 0 bridgehead atoms.